The molecule has 0 aromatic rings. The monoisotopic (exact) mass is 305 g/mol. The Morgan fingerprint density at radius 3 is 1.89 bits per heavy atom. The molecule has 0 spiro atoms. The highest BCUT2D eigenvalue weighted by molar-refractivity contribution is 7.86. The van der Waals surface area contributed by atoms with Crippen LogP contribution in [-0.2, 0) is 20.2 Å². The summed E-state index contributed by atoms with van der Waals surface area (Å²) in [6.07, 6.45) is 0.939. The first kappa shape index (κ1) is 19.8. The van der Waals surface area contributed by atoms with Crippen LogP contribution in [0.4, 0.5) is 0 Å². The summed E-state index contributed by atoms with van der Waals surface area (Å²) >= 11 is 0. The molecule has 0 aromatic carbocycles. The third-order valence-electron chi connectivity index (χ3n) is 1.25. The van der Waals surface area contributed by atoms with Crippen LogP contribution in [-0.4, -0.2) is 61.4 Å². The number of nitrogens with zero attached hydrogens (tertiary/aromatic N) is 1. The maximum atomic E-state index is 10.1. The van der Waals surface area contributed by atoms with Gasteiger partial charge in [-0.05, 0) is 13.3 Å². The summed E-state index contributed by atoms with van der Waals surface area (Å²) in [6, 6.07) is 0. The molecule has 0 saturated carbocycles. The van der Waals surface area contributed by atoms with E-state index in [4.69, 9.17) is 14.2 Å². The molecule has 0 heterocycles. The molecule has 0 saturated heterocycles. The topological polar surface area (TPSA) is 141 Å². The fourth-order valence-electron chi connectivity index (χ4n) is 0.632. The summed E-state index contributed by atoms with van der Waals surface area (Å²) in [5, 5.41) is 8.66. The Morgan fingerprint density at radius 1 is 1.17 bits per heavy atom. The van der Waals surface area contributed by atoms with Crippen LogP contribution < -0.4 is 0 Å². The van der Waals surface area contributed by atoms with Crippen molar-refractivity contribution in [3.63, 3.8) is 0 Å². The van der Waals surface area contributed by atoms with Gasteiger partial charge in [-0.2, -0.15) is 16.8 Å². The number of aliphatic imine (C=N–C) groups is 1. The van der Waals surface area contributed by atoms with Crippen molar-refractivity contribution in [2.45, 2.75) is 26.4 Å². The Labute approximate surface area is 107 Å². The lowest BCUT2D eigenvalue weighted by Crippen LogP contribution is -2.08. The van der Waals surface area contributed by atoms with Gasteiger partial charge in [0.05, 0.1) is 18.4 Å². The summed E-state index contributed by atoms with van der Waals surface area (Å²) in [4.78, 5) is 3.54. The lowest BCUT2D eigenvalue weighted by Gasteiger charge is -1.95. The fraction of sp³-hybridized carbons (Fsp3) is 0.875. The average Bonchev–Trinajstić information content (AvgIpc) is 2.09. The van der Waals surface area contributed by atoms with E-state index in [1.165, 1.54) is 6.92 Å². The molecule has 0 fully saturated rings. The van der Waals surface area contributed by atoms with E-state index in [0.29, 0.717) is 6.42 Å². The third kappa shape index (κ3) is 24.6. The molecular formula is C8H19NO7S2. The highest BCUT2D eigenvalue weighted by Gasteiger charge is 1.99. The maximum absolute atomic E-state index is 10.1. The third-order valence-corrected chi connectivity index (χ3v) is 2.74. The molecule has 0 aliphatic heterocycles. The van der Waals surface area contributed by atoms with Gasteiger partial charge in [-0.1, -0.05) is 6.92 Å². The zero-order chi connectivity index (χ0) is 14.8. The first-order valence-electron chi connectivity index (χ1n) is 5.04. The average molecular weight is 305 g/mol. The number of aliphatic hydroxyl groups is 1. The summed E-state index contributed by atoms with van der Waals surface area (Å²) in [5.41, 5.74) is 0. The molecule has 0 rings (SSSR count). The van der Waals surface area contributed by atoms with Crippen LogP contribution in [0.1, 0.15) is 20.3 Å². The number of rotatable bonds is 6. The van der Waals surface area contributed by atoms with Crippen molar-refractivity contribution in [2.75, 3.05) is 18.1 Å². The number of hydrogen-bond donors (Lipinski definition) is 3. The van der Waals surface area contributed by atoms with Crippen molar-refractivity contribution in [1.82, 2.24) is 0 Å². The molecular weight excluding hydrogens is 286 g/mol. The van der Waals surface area contributed by atoms with Crippen molar-refractivity contribution in [3.05, 3.63) is 0 Å². The second kappa shape index (κ2) is 9.39. The molecule has 110 valence electrons. The van der Waals surface area contributed by atoms with Gasteiger partial charge in [0.2, 0.25) is 0 Å². The summed E-state index contributed by atoms with van der Waals surface area (Å²) in [7, 11) is -7.63. The van der Waals surface area contributed by atoms with E-state index in [1.807, 2.05) is 0 Å². The zero-order valence-electron chi connectivity index (χ0n) is 10.2. The van der Waals surface area contributed by atoms with Crippen LogP contribution in [0.3, 0.4) is 0 Å². The predicted octanol–water partition coefficient (Wildman–Crippen LogP) is -0.390. The standard InChI is InChI=1S/C5H11NO4S.C3H8O3S/c1-5(7)4-6-2-3-11(8,9)10;1-2-3-7(4,5)6/h2,5,7H,3-4H2,1H3,(H,8,9,10);2-3H2,1H3,(H,4,5,6). The molecule has 0 radical (unpaired) electrons. The predicted molar refractivity (Wildman–Crippen MR) is 68.2 cm³/mol. The van der Waals surface area contributed by atoms with Crippen molar-refractivity contribution in [2.24, 2.45) is 4.99 Å². The van der Waals surface area contributed by atoms with Crippen molar-refractivity contribution in [3.8, 4) is 0 Å². The normalized spacial score (nSPS) is 14.1. The lowest BCUT2D eigenvalue weighted by molar-refractivity contribution is 0.204. The van der Waals surface area contributed by atoms with Gasteiger partial charge < -0.3 is 5.11 Å². The minimum atomic E-state index is -3.95. The van der Waals surface area contributed by atoms with E-state index >= 15 is 0 Å². The smallest absolute Gasteiger partial charge is 0.270 e. The molecule has 3 N–H and O–H groups in total. The Bertz CT molecular complexity index is 424. The molecule has 0 aliphatic rings. The van der Waals surface area contributed by atoms with Gasteiger partial charge in [-0.3, -0.25) is 14.1 Å². The minimum Gasteiger partial charge on any atom is -0.391 e. The lowest BCUT2D eigenvalue weighted by atomic mass is 10.4. The van der Waals surface area contributed by atoms with Crippen molar-refractivity contribution >= 4 is 26.5 Å². The summed E-state index contributed by atoms with van der Waals surface area (Å²) < 4.78 is 55.9. The van der Waals surface area contributed by atoms with Crippen LogP contribution in [0.25, 0.3) is 0 Å². The van der Waals surface area contributed by atoms with Gasteiger partial charge in [0, 0.05) is 6.21 Å². The van der Waals surface area contributed by atoms with E-state index in [1.54, 1.807) is 6.92 Å². The first-order valence-corrected chi connectivity index (χ1v) is 8.26. The summed E-state index contributed by atoms with van der Waals surface area (Å²) in [6.45, 7) is 3.37. The van der Waals surface area contributed by atoms with Crippen LogP contribution >= 0.6 is 0 Å². The van der Waals surface area contributed by atoms with E-state index < -0.39 is 32.1 Å². The van der Waals surface area contributed by atoms with Gasteiger partial charge in [0.25, 0.3) is 20.2 Å². The molecule has 18 heavy (non-hydrogen) atoms. The Balaban J connectivity index is 0. The van der Waals surface area contributed by atoms with Gasteiger partial charge in [-0.15, -0.1) is 0 Å². The minimum absolute atomic E-state index is 0.132. The van der Waals surface area contributed by atoms with E-state index in [2.05, 4.69) is 4.99 Å². The first-order chi connectivity index (χ1) is 7.98. The Morgan fingerprint density at radius 2 is 1.67 bits per heavy atom. The SMILES string of the molecule is CC(O)CN=CCS(=O)(=O)O.CCCS(=O)(=O)O. The van der Waals surface area contributed by atoms with Gasteiger partial charge in [-0.25, -0.2) is 0 Å². The van der Waals surface area contributed by atoms with Crippen LogP contribution in [0.15, 0.2) is 4.99 Å². The summed E-state index contributed by atoms with van der Waals surface area (Å²) in [5.74, 6) is -0.632. The molecule has 1 unspecified atom stereocenters. The Hall–Kier alpha value is -0.550. The molecule has 8 nitrogen and oxygen atoms in total. The molecule has 1 atom stereocenters. The number of hydrogen-bond acceptors (Lipinski definition) is 6. The number of aliphatic hydroxyl groups excluding tert-OH is 1. The highest BCUT2D eigenvalue weighted by atomic mass is 32.2. The van der Waals surface area contributed by atoms with Crippen LogP contribution in [0.2, 0.25) is 0 Å². The molecule has 0 amide bonds. The van der Waals surface area contributed by atoms with Crippen molar-refractivity contribution < 1.29 is 31.0 Å². The van der Waals surface area contributed by atoms with Gasteiger partial charge in [0.1, 0.15) is 5.75 Å². The van der Waals surface area contributed by atoms with E-state index in [9.17, 15) is 16.8 Å². The highest BCUT2D eigenvalue weighted by Crippen LogP contribution is 1.83. The van der Waals surface area contributed by atoms with Gasteiger partial charge >= 0.3 is 0 Å². The maximum Gasteiger partial charge on any atom is 0.270 e. The van der Waals surface area contributed by atoms with E-state index in [-0.39, 0.29) is 12.3 Å². The van der Waals surface area contributed by atoms with Crippen LogP contribution in [0, 0.1) is 0 Å². The van der Waals surface area contributed by atoms with Gasteiger partial charge in [0.15, 0.2) is 0 Å². The molecule has 0 aromatic heterocycles. The van der Waals surface area contributed by atoms with Crippen molar-refractivity contribution in [1.29, 1.82) is 0 Å². The molecule has 10 heteroatoms. The second-order valence-electron chi connectivity index (χ2n) is 3.43. The molecule has 0 bridgehead atoms. The largest absolute Gasteiger partial charge is 0.391 e. The van der Waals surface area contributed by atoms with Crippen LogP contribution in [0.5, 0.6) is 0 Å². The zero-order valence-corrected chi connectivity index (χ0v) is 11.9. The Kier molecular flexibility index (Phi) is 10.3. The van der Waals surface area contributed by atoms with E-state index in [0.717, 1.165) is 6.21 Å². The molecule has 0 aliphatic carbocycles. The second-order valence-corrected chi connectivity index (χ2v) is 6.50. The quantitative estimate of drug-likeness (QED) is 0.448. The fourth-order valence-corrected chi connectivity index (χ4v) is 1.44.